The Hall–Kier alpha value is -3.54. The highest BCUT2D eigenvalue weighted by molar-refractivity contribution is 6.33. The van der Waals surface area contributed by atoms with E-state index in [2.05, 4.69) is 25.3 Å². The van der Waals surface area contributed by atoms with Gasteiger partial charge in [-0.1, -0.05) is 22.8 Å². The quantitative estimate of drug-likeness (QED) is 0.362. The number of aryl methyl sites for hydroxylation is 1. The van der Waals surface area contributed by atoms with Crippen LogP contribution in [0.1, 0.15) is 58.3 Å². The van der Waals surface area contributed by atoms with Crippen LogP contribution in [-0.4, -0.2) is 80.7 Å². The Morgan fingerprint density at radius 1 is 1.24 bits per heavy atom. The highest BCUT2D eigenvalue weighted by Gasteiger charge is 2.24. The molecule has 5 rings (SSSR count). The molecular formula is C30H37ClN6O5. The second-order valence-corrected chi connectivity index (χ2v) is 11.5. The molecule has 11 nitrogen and oxygen atoms in total. The van der Waals surface area contributed by atoms with Gasteiger partial charge in [0.2, 0.25) is 5.91 Å². The van der Waals surface area contributed by atoms with Crippen LogP contribution in [-0.2, 0) is 30.8 Å². The molecule has 42 heavy (non-hydrogen) atoms. The first-order chi connectivity index (χ1) is 20.3. The van der Waals surface area contributed by atoms with E-state index in [1.807, 2.05) is 24.0 Å². The highest BCUT2D eigenvalue weighted by Crippen LogP contribution is 2.34. The molecule has 12 heteroatoms. The average Bonchev–Trinajstić information content (AvgIpc) is 3.40. The lowest BCUT2D eigenvalue weighted by molar-refractivity contribution is -0.130. The summed E-state index contributed by atoms with van der Waals surface area (Å²) in [6, 6.07) is 5.60. The number of hydrogen-bond acceptors (Lipinski definition) is 9. The van der Waals surface area contributed by atoms with Crippen LogP contribution in [0.5, 0.6) is 5.75 Å². The van der Waals surface area contributed by atoms with Crippen molar-refractivity contribution in [3.63, 3.8) is 0 Å². The summed E-state index contributed by atoms with van der Waals surface area (Å²) < 4.78 is 10.9. The van der Waals surface area contributed by atoms with Gasteiger partial charge in [-0.2, -0.15) is 0 Å². The minimum absolute atomic E-state index is 0.112. The number of nitrogens with zero attached hydrogens (tertiary/aromatic N) is 5. The van der Waals surface area contributed by atoms with Gasteiger partial charge in [0, 0.05) is 51.9 Å². The summed E-state index contributed by atoms with van der Waals surface area (Å²) in [7, 11) is 0. The van der Waals surface area contributed by atoms with Gasteiger partial charge < -0.3 is 24.6 Å². The minimum atomic E-state index is -0.742. The van der Waals surface area contributed by atoms with E-state index >= 15 is 0 Å². The standard InChI is InChI=1S/C30H37ClN6O5/c1-19-23(17-42-35-19)16-41-28-4-3-22-14-36(8-7-26(22)29(28)31)15-25(39)13-32-30(40)27-12-24(33-18-34-27)11-21-5-9-37(10-6-21)20(2)38/h3-4,12,17-18,21,25,39H,5-11,13-16H2,1-2H3,(H,32,40)/t25-/m0/s1. The third kappa shape index (κ3) is 7.45. The van der Waals surface area contributed by atoms with Gasteiger partial charge in [0.15, 0.2) is 0 Å². The number of carbonyl (C=O) groups is 2. The number of hydrogen-bond donors (Lipinski definition) is 2. The molecule has 0 spiro atoms. The summed E-state index contributed by atoms with van der Waals surface area (Å²) in [6.07, 6.45) is 5.55. The first-order valence-corrected chi connectivity index (χ1v) is 14.7. The van der Waals surface area contributed by atoms with E-state index in [1.54, 1.807) is 19.3 Å². The van der Waals surface area contributed by atoms with Crippen LogP contribution in [0.2, 0.25) is 5.02 Å². The molecule has 1 saturated heterocycles. The number of ether oxygens (including phenoxy) is 1. The molecule has 4 heterocycles. The van der Waals surface area contributed by atoms with Gasteiger partial charge in [0.25, 0.3) is 5.91 Å². The molecule has 1 aromatic carbocycles. The Morgan fingerprint density at radius 3 is 2.79 bits per heavy atom. The largest absolute Gasteiger partial charge is 0.487 e. The van der Waals surface area contributed by atoms with Crippen LogP contribution in [0.15, 0.2) is 35.3 Å². The number of carbonyl (C=O) groups excluding carboxylic acids is 2. The van der Waals surface area contributed by atoms with Crippen molar-refractivity contribution in [1.82, 2.24) is 30.2 Å². The smallest absolute Gasteiger partial charge is 0.270 e. The lowest BCUT2D eigenvalue weighted by atomic mass is 9.92. The molecule has 2 aromatic heterocycles. The monoisotopic (exact) mass is 596 g/mol. The Labute approximate surface area is 250 Å². The van der Waals surface area contributed by atoms with Gasteiger partial charge in [-0.05, 0) is 61.8 Å². The Kier molecular flexibility index (Phi) is 9.71. The van der Waals surface area contributed by atoms with Crippen molar-refractivity contribution in [2.24, 2.45) is 5.92 Å². The number of benzene rings is 1. The lowest BCUT2D eigenvalue weighted by Crippen LogP contribution is -2.42. The van der Waals surface area contributed by atoms with Crippen LogP contribution in [0.4, 0.5) is 0 Å². The predicted molar refractivity (Wildman–Crippen MR) is 155 cm³/mol. The molecule has 3 aromatic rings. The van der Waals surface area contributed by atoms with Crippen LogP contribution >= 0.6 is 11.6 Å². The van der Waals surface area contributed by atoms with E-state index in [0.717, 1.165) is 73.4 Å². The first kappa shape index (κ1) is 29.9. The summed E-state index contributed by atoms with van der Waals surface area (Å²) >= 11 is 6.68. The Bertz CT molecular complexity index is 1410. The summed E-state index contributed by atoms with van der Waals surface area (Å²) in [5.74, 6) is 0.814. The average molecular weight is 597 g/mol. The van der Waals surface area contributed by atoms with Crippen molar-refractivity contribution in [3.05, 3.63) is 69.6 Å². The molecule has 0 aliphatic carbocycles. The van der Waals surface area contributed by atoms with Crippen molar-refractivity contribution in [3.8, 4) is 5.75 Å². The molecular weight excluding hydrogens is 560 g/mol. The van der Waals surface area contributed by atoms with E-state index in [0.29, 0.717) is 36.4 Å². The van der Waals surface area contributed by atoms with Gasteiger partial charge in [-0.15, -0.1) is 0 Å². The van der Waals surface area contributed by atoms with E-state index in [1.165, 1.54) is 6.33 Å². The zero-order chi connectivity index (χ0) is 29.6. The van der Waals surface area contributed by atoms with Crippen LogP contribution < -0.4 is 10.1 Å². The summed E-state index contributed by atoms with van der Waals surface area (Å²) in [5.41, 5.74) is 4.90. The zero-order valence-corrected chi connectivity index (χ0v) is 24.8. The lowest BCUT2D eigenvalue weighted by Gasteiger charge is -2.31. The molecule has 2 aliphatic rings. The normalized spacial score (nSPS) is 16.6. The molecule has 224 valence electrons. The Balaban J connectivity index is 1.08. The van der Waals surface area contributed by atoms with Crippen LogP contribution in [0.3, 0.4) is 0 Å². The second kappa shape index (κ2) is 13.6. The fourth-order valence-electron chi connectivity index (χ4n) is 5.57. The molecule has 0 bridgehead atoms. The number of nitrogens with one attached hydrogen (secondary N) is 1. The summed E-state index contributed by atoms with van der Waals surface area (Å²) in [4.78, 5) is 36.8. The number of aliphatic hydroxyl groups excluding tert-OH is 1. The third-order valence-electron chi connectivity index (χ3n) is 8.09. The van der Waals surface area contributed by atoms with E-state index in [-0.39, 0.29) is 24.1 Å². The fourth-order valence-corrected chi connectivity index (χ4v) is 5.90. The number of rotatable bonds is 10. The van der Waals surface area contributed by atoms with Gasteiger partial charge in [-0.25, -0.2) is 9.97 Å². The van der Waals surface area contributed by atoms with Crippen LogP contribution in [0.25, 0.3) is 0 Å². The second-order valence-electron chi connectivity index (χ2n) is 11.1. The molecule has 0 unspecified atom stereocenters. The van der Waals surface area contributed by atoms with Crippen molar-refractivity contribution in [1.29, 1.82) is 0 Å². The van der Waals surface area contributed by atoms with E-state index < -0.39 is 6.10 Å². The highest BCUT2D eigenvalue weighted by atomic mass is 35.5. The van der Waals surface area contributed by atoms with Gasteiger partial charge >= 0.3 is 0 Å². The first-order valence-electron chi connectivity index (χ1n) is 14.3. The van der Waals surface area contributed by atoms with Gasteiger partial charge in [0.1, 0.15) is 30.6 Å². The fraction of sp³-hybridized carbons (Fsp3) is 0.500. The number of β-amino-alcohol motifs (C(OH)–C–C–N with tert-alkyl or cyclic N) is 1. The number of likely N-dealkylation sites (tertiary alicyclic amines) is 1. The van der Waals surface area contributed by atoms with Crippen molar-refractivity contribution < 1.29 is 24.0 Å². The maximum Gasteiger partial charge on any atom is 0.270 e. The van der Waals surface area contributed by atoms with Gasteiger partial charge in [-0.3, -0.25) is 14.5 Å². The molecule has 2 amide bonds. The third-order valence-corrected chi connectivity index (χ3v) is 8.50. The molecule has 0 radical (unpaired) electrons. The topological polar surface area (TPSA) is 134 Å². The van der Waals surface area contributed by atoms with E-state index in [4.69, 9.17) is 20.9 Å². The predicted octanol–water partition coefficient (Wildman–Crippen LogP) is 2.96. The molecule has 2 aliphatic heterocycles. The molecule has 0 saturated carbocycles. The number of fused-ring (bicyclic) bond motifs is 1. The SMILES string of the molecule is CC(=O)N1CCC(Cc2cc(C(=O)NC[C@H](O)CN3CCc4c(ccc(OCc5conc5C)c4Cl)C3)ncn2)CC1. The summed E-state index contributed by atoms with van der Waals surface area (Å²) in [6.45, 7) is 7.20. The van der Waals surface area contributed by atoms with Crippen molar-refractivity contribution in [2.45, 2.75) is 58.8 Å². The van der Waals surface area contributed by atoms with E-state index in [9.17, 15) is 14.7 Å². The number of piperidine rings is 1. The number of amides is 2. The molecule has 1 atom stereocenters. The number of aliphatic hydroxyl groups is 1. The van der Waals surface area contributed by atoms with Crippen molar-refractivity contribution in [2.75, 3.05) is 32.7 Å². The van der Waals surface area contributed by atoms with Crippen molar-refractivity contribution >= 4 is 23.4 Å². The maximum absolute atomic E-state index is 12.8. The molecule has 1 fully saturated rings. The summed E-state index contributed by atoms with van der Waals surface area (Å²) in [5, 5.41) is 18.0. The zero-order valence-electron chi connectivity index (χ0n) is 24.0. The maximum atomic E-state index is 12.8. The minimum Gasteiger partial charge on any atom is -0.487 e. The van der Waals surface area contributed by atoms with Gasteiger partial charge in [0.05, 0.1) is 22.4 Å². The number of aromatic nitrogens is 3. The Morgan fingerprint density at radius 2 is 2.05 bits per heavy atom. The molecule has 2 N–H and O–H groups in total. The number of halogens is 1. The van der Waals surface area contributed by atoms with Crippen LogP contribution in [0, 0.1) is 12.8 Å².